The normalized spacial score (nSPS) is 10.5. The minimum atomic E-state index is -0.0993. The molecule has 2 rings (SSSR count). The highest BCUT2D eigenvalue weighted by Crippen LogP contribution is 2.25. The highest BCUT2D eigenvalue weighted by Gasteiger charge is 2.07. The predicted octanol–water partition coefficient (Wildman–Crippen LogP) is 2.45. The van der Waals surface area contributed by atoms with Crippen molar-refractivity contribution in [3.8, 4) is 5.75 Å². The largest absolute Gasteiger partial charge is 0.506 e. The summed E-state index contributed by atoms with van der Waals surface area (Å²) < 4.78 is 0. The predicted molar refractivity (Wildman–Crippen MR) is 58.1 cm³/mol. The molecule has 3 heteroatoms. The third-order valence-electron chi connectivity index (χ3n) is 2.41. The SMILES string of the molecule is CC(=O)c1ccc2c(C)ccc(O)c2n1. The van der Waals surface area contributed by atoms with Crippen molar-refractivity contribution in [2.45, 2.75) is 13.8 Å². The van der Waals surface area contributed by atoms with Crippen LogP contribution in [0.15, 0.2) is 24.3 Å². The van der Waals surface area contributed by atoms with Crippen LogP contribution in [-0.4, -0.2) is 15.9 Å². The minimum absolute atomic E-state index is 0.0993. The van der Waals surface area contributed by atoms with Gasteiger partial charge >= 0.3 is 0 Å². The van der Waals surface area contributed by atoms with Gasteiger partial charge in [-0.05, 0) is 24.6 Å². The first-order chi connectivity index (χ1) is 7.09. The number of pyridine rings is 1. The topological polar surface area (TPSA) is 50.2 Å². The maximum absolute atomic E-state index is 11.1. The molecular weight excluding hydrogens is 190 g/mol. The Labute approximate surface area is 87.4 Å². The van der Waals surface area contributed by atoms with Crippen molar-refractivity contribution in [1.82, 2.24) is 4.98 Å². The molecule has 0 saturated carbocycles. The number of fused-ring (bicyclic) bond motifs is 1. The van der Waals surface area contributed by atoms with Gasteiger partial charge in [-0.15, -0.1) is 0 Å². The van der Waals surface area contributed by atoms with E-state index in [1.54, 1.807) is 12.1 Å². The van der Waals surface area contributed by atoms with Crippen LogP contribution in [0, 0.1) is 6.92 Å². The maximum atomic E-state index is 11.1. The van der Waals surface area contributed by atoms with Gasteiger partial charge in [0.25, 0.3) is 0 Å². The standard InChI is InChI=1S/C12H11NO2/c1-7-3-6-11(15)12-9(7)4-5-10(13-12)8(2)14/h3-6,15H,1-2H3. The van der Waals surface area contributed by atoms with E-state index in [4.69, 9.17) is 0 Å². The number of aromatic hydroxyl groups is 1. The smallest absolute Gasteiger partial charge is 0.178 e. The van der Waals surface area contributed by atoms with E-state index in [0.29, 0.717) is 11.2 Å². The lowest BCUT2D eigenvalue weighted by molar-refractivity contribution is 0.101. The van der Waals surface area contributed by atoms with Gasteiger partial charge in [0.15, 0.2) is 5.78 Å². The summed E-state index contributed by atoms with van der Waals surface area (Å²) in [6.45, 7) is 3.40. The van der Waals surface area contributed by atoms with Gasteiger partial charge in [0.1, 0.15) is 17.0 Å². The number of benzene rings is 1. The fraction of sp³-hybridized carbons (Fsp3) is 0.167. The Kier molecular flexibility index (Phi) is 2.15. The Morgan fingerprint density at radius 2 is 2.00 bits per heavy atom. The van der Waals surface area contributed by atoms with Crippen molar-refractivity contribution in [1.29, 1.82) is 0 Å². The van der Waals surface area contributed by atoms with Gasteiger partial charge in [-0.3, -0.25) is 4.79 Å². The number of aromatic nitrogens is 1. The molecule has 0 atom stereocenters. The lowest BCUT2D eigenvalue weighted by Gasteiger charge is -2.04. The summed E-state index contributed by atoms with van der Waals surface area (Å²) in [5.41, 5.74) is 1.90. The molecule has 76 valence electrons. The van der Waals surface area contributed by atoms with E-state index in [-0.39, 0.29) is 11.5 Å². The lowest BCUT2D eigenvalue weighted by atomic mass is 10.1. The molecular formula is C12H11NO2. The van der Waals surface area contributed by atoms with Crippen LogP contribution in [-0.2, 0) is 0 Å². The van der Waals surface area contributed by atoms with E-state index in [0.717, 1.165) is 10.9 Å². The number of carbonyl (C=O) groups excluding carboxylic acids is 1. The Balaban J connectivity index is 2.81. The Bertz CT molecular complexity index is 547. The van der Waals surface area contributed by atoms with Crippen molar-refractivity contribution >= 4 is 16.7 Å². The summed E-state index contributed by atoms with van der Waals surface area (Å²) in [6, 6.07) is 6.91. The Morgan fingerprint density at radius 1 is 1.27 bits per heavy atom. The van der Waals surface area contributed by atoms with E-state index < -0.39 is 0 Å². The molecule has 0 amide bonds. The third-order valence-corrected chi connectivity index (χ3v) is 2.41. The summed E-state index contributed by atoms with van der Waals surface area (Å²) in [5, 5.41) is 10.5. The zero-order valence-electron chi connectivity index (χ0n) is 8.61. The van der Waals surface area contributed by atoms with Crippen LogP contribution >= 0.6 is 0 Å². The summed E-state index contributed by atoms with van der Waals surface area (Å²) in [6.07, 6.45) is 0. The monoisotopic (exact) mass is 201 g/mol. The van der Waals surface area contributed by atoms with Crippen molar-refractivity contribution in [2.24, 2.45) is 0 Å². The van der Waals surface area contributed by atoms with E-state index in [2.05, 4.69) is 4.98 Å². The second-order valence-electron chi connectivity index (χ2n) is 3.55. The molecule has 2 aromatic rings. The van der Waals surface area contributed by atoms with Crippen molar-refractivity contribution < 1.29 is 9.90 Å². The summed E-state index contributed by atoms with van der Waals surface area (Å²) >= 11 is 0. The quantitative estimate of drug-likeness (QED) is 0.721. The molecule has 0 radical (unpaired) electrons. The summed E-state index contributed by atoms with van der Waals surface area (Å²) in [5.74, 6) is 0.0107. The molecule has 1 aromatic carbocycles. The van der Waals surface area contributed by atoms with Crippen LogP contribution in [0.2, 0.25) is 0 Å². The number of nitrogens with zero attached hydrogens (tertiary/aromatic N) is 1. The van der Waals surface area contributed by atoms with Gasteiger partial charge in [-0.1, -0.05) is 12.1 Å². The number of aryl methyl sites for hydroxylation is 1. The second-order valence-corrected chi connectivity index (χ2v) is 3.55. The molecule has 0 unspecified atom stereocenters. The molecule has 0 aliphatic carbocycles. The minimum Gasteiger partial charge on any atom is -0.506 e. The highest BCUT2D eigenvalue weighted by molar-refractivity contribution is 5.96. The van der Waals surface area contributed by atoms with Crippen LogP contribution in [0.5, 0.6) is 5.75 Å². The molecule has 1 aromatic heterocycles. The number of ketones is 1. The average molecular weight is 201 g/mol. The number of hydrogen-bond acceptors (Lipinski definition) is 3. The molecule has 0 bridgehead atoms. The second kappa shape index (κ2) is 3.35. The van der Waals surface area contributed by atoms with Crippen LogP contribution in [0.3, 0.4) is 0 Å². The van der Waals surface area contributed by atoms with Crippen molar-refractivity contribution in [3.05, 3.63) is 35.5 Å². The summed E-state index contributed by atoms with van der Waals surface area (Å²) in [7, 11) is 0. The van der Waals surface area contributed by atoms with Gasteiger partial charge < -0.3 is 5.11 Å². The fourth-order valence-corrected chi connectivity index (χ4v) is 1.54. The molecule has 0 spiro atoms. The highest BCUT2D eigenvalue weighted by atomic mass is 16.3. The van der Waals surface area contributed by atoms with Crippen molar-refractivity contribution in [2.75, 3.05) is 0 Å². The number of phenols is 1. The first-order valence-electron chi connectivity index (χ1n) is 4.70. The zero-order chi connectivity index (χ0) is 11.0. The van der Waals surface area contributed by atoms with Crippen LogP contribution in [0.25, 0.3) is 10.9 Å². The number of carbonyl (C=O) groups is 1. The maximum Gasteiger partial charge on any atom is 0.178 e. The van der Waals surface area contributed by atoms with Crippen LogP contribution in [0.4, 0.5) is 0 Å². The van der Waals surface area contributed by atoms with Gasteiger partial charge in [0, 0.05) is 12.3 Å². The van der Waals surface area contributed by atoms with E-state index >= 15 is 0 Å². The molecule has 0 aliphatic rings. The van der Waals surface area contributed by atoms with Crippen molar-refractivity contribution in [3.63, 3.8) is 0 Å². The molecule has 0 aliphatic heterocycles. The lowest BCUT2D eigenvalue weighted by Crippen LogP contribution is -1.96. The molecule has 0 fully saturated rings. The molecule has 15 heavy (non-hydrogen) atoms. The van der Waals surface area contributed by atoms with Gasteiger partial charge in [0.05, 0.1) is 0 Å². The molecule has 0 saturated heterocycles. The van der Waals surface area contributed by atoms with Crippen LogP contribution in [0.1, 0.15) is 23.0 Å². The van der Waals surface area contributed by atoms with E-state index in [1.165, 1.54) is 6.92 Å². The number of hydrogen-bond donors (Lipinski definition) is 1. The van der Waals surface area contributed by atoms with Gasteiger partial charge in [-0.2, -0.15) is 0 Å². The van der Waals surface area contributed by atoms with E-state index in [9.17, 15) is 9.90 Å². The van der Waals surface area contributed by atoms with Gasteiger partial charge in [0.2, 0.25) is 0 Å². The first-order valence-corrected chi connectivity index (χ1v) is 4.70. The Morgan fingerprint density at radius 3 is 2.67 bits per heavy atom. The molecule has 1 N–H and O–H groups in total. The van der Waals surface area contributed by atoms with E-state index in [1.807, 2.05) is 19.1 Å². The average Bonchev–Trinajstić information content (AvgIpc) is 2.23. The fourth-order valence-electron chi connectivity index (χ4n) is 1.54. The molecule has 1 heterocycles. The third kappa shape index (κ3) is 1.56. The van der Waals surface area contributed by atoms with Crippen LogP contribution < -0.4 is 0 Å². The zero-order valence-corrected chi connectivity index (χ0v) is 8.61. The first kappa shape index (κ1) is 9.65. The molecule has 3 nitrogen and oxygen atoms in total. The van der Waals surface area contributed by atoms with Gasteiger partial charge in [-0.25, -0.2) is 4.98 Å². The summed E-state index contributed by atoms with van der Waals surface area (Å²) in [4.78, 5) is 15.3. The number of Topliss-reactive ketones (excluding diaryl/α,β-unsaturated/α-hetero) is 1. The number of rotatable bonds is 1. The number of phenolic OH excluding ortho intramolecular Hbond substituents is 1. The Hall–Kier alpha value is -1.90.